The van der Waals surface area contributed by atoms with Crippen molar-refractivity contribution in [3.8, 4) is 0 Å². The molecule has 0 aliphatic carbocycles. The normalized spacial score (nSPS) is 23.1. The van der Waals surface area contributed by atoms with E-state index in [-0.39, 0.29) is 12.2 Å². The first-order chi connectivity index (χ1) is 9.60. The fourth-order valence-electron chi connectivity index (χ4n) is 3.01. The van der Waals surface area contributed by atoms with Gasteiger partial charge in [-0.25, -0.2) is 0 Å². The summed E-state index contributed by atoms with van der Waals surface area (Å²) < 4.78 is 0. The van der Waals surface area contributed by atoms with E-state index in [1.54, 1.807) is 0 Å². The van der Waals surface area contributed by atoms with Crippen LogP contribution in [0.15, 0.2) is 0 Å². The largest absolute Gasteiger partial charge is 0.326 e. The highest BCUT2D eigenvalue weighted by Crippen LogP contribution is 2.20. The van der Waals surface area contributed by atoms with Gasteiger partial charge in [-0.1, -0.05) is 59.8 Å². The van der Waals surface area contributed by atoms with Crippen LogP contribution in [0, 0.1) is 5.92 Å². The van der Waals surface area contributed by atoms with Gasteiger partial charge in [0.1, 0.15) is 0 Å². The third-order valence-electron chi connectivity index (χ3n) is 4.21. The lowest BCUT2D eigenvalue weighted by Gasteiger charge is -2.25. The van der Waals surface area contributed by atoms with Gasteiger partial charge in [-0.05, 0) is 25.2 Å². The number of nitrogens with zero attached hydrogens (tertiary/aromatic N) is 1. The fourth-order valence-corrected chi connectivity index (χ4v) is 3.01. The lowest BCUT2D eigenvalue weighted by atomic mass is 10.1. The molecular formula is C17H34N2O. The predicted octanol–water partition coefficient (Wildman–Crippen LogP) is 3.93. The standard InChI is InChI=1S/C17H34N2O/c1-5-7-8-9-10-11-12-19-16(13-14(3)4)18-15(6-2)17(19)20/h14-16,18H,5-13H2,1-4H3. The second-order valence-corrected chi connectivity index (χ2v) is 6.57. The summed E-state index contributed by atoms with van der Waals surface area (Å²) in [5.74, 6) is 0.953. The molecule has 0 saturated carbocycles. The smallest absolute Gasteiger partial charge is 0.241 e. The molecule has 0 aromatic heterocycles. The van der Waals surface area contributed by atoms with Gasteiger partial charge in [0.15, 0.2) is 0 Å². The molecule has 0 bridgehead atoms. The van der Waals surface area contributed by atoms with Gasteiger partial charge in [0.25, 0.3) is 0 Å². The Balaban J connectivity index is 2.36. The Labute approximate surface area is 125 Å². The van der Waals surface area contributed by atoms with Crippen molar-refractivity contribution in [3.05, 3.63) is 0 Å². The van der Waals surface area contributed by atoms with Crippen LogP contribution in [0.4, 0.5) is 0 Å². The van der Waals surface area contributed by atoms with Gasteiger partial charge in [-0.15, -0.1) is 0 Å². The minimum absolute atomic E-state index is 0.0545. The summed E-state index contributed by atoms with van der Waals surface area (Å²) in [6.45, 7) is 9.74. The van der Waals surface area contributed by atoms with Crippen molar-refractivity contribution in [1.29, 1.82) is 0 Å². The molecule has 1 fully saturated rings. The Kier molecular flexibility index (Phi) is 8.20. The van der Waals surface area contributed by atoms with Crippen LogP contribution in [-0.4, -0.2) is 29.6 Å². The zero-order valence-corrected chi connectivity index (χ0v) is 14.0. The molecule has 0 aromatic rings. The molecule has 0 radical (unpaired) electrons. The van der Waals surface area contributed by atoms with E-state index in [1.165, 1.54) is 32.1 Å². The topological polar surface area (TPSA) is 32.3 Å². The minimum atomic E-state index is 0.0545. The van der Waals surface area contributed by atoms with Gasteiger partial charge in [0.2, 0.25) is 5.91 Å². The molecule has 0 aromatic carbocycles. The first-order valence-corrected chi connectivity index (χ1v) is 8.66. The van der Waals surface area contributed by atoms with Crippen LogP contribution in [-0.2, 0) is 4.79 Å². The summed E-state index contributed by atoms with van der Waals surface area (Å²) in [5.41, 5.74) is 0. The maximum Gasteiger partial charge on any atom is 0.241 e. The van der Waals surface area contributed by atoms with Gasteiger partial charge in [0.05, 0.1) is 12.2 Å². The summed E-state index contributed by atoms with van der Waals surface area (Å²) in [4.78, 5) is 14.5. The molecule has 1 rings (SSSR count). The van der Waals surface area contributed by atoms with E-state index in [0.717, 1.165) is 25.8 Å². The van der Waals surface area contributed by atoms with E-state index < -0.39 is 0 Å². The lowest BCUT2D eigenvalue weighted by molar-refractivity contribution is -0.130. The number of hydrogen-bond acceptors (Lipinski definition) is 2. The van der Waals surface area contributed by atoms with E-state index in [9.17, 15) is 4.79 Å². The van der Waals surface area contributed by atoms with Crippen LogP contribution in [0.3, 0.4) is 0 Å². The Hall–Kier alpha value is -0.570. The Bertz CT molecular complexity index is 278. The van der Waals surface area contributed by atoms with Crippen molar-refractivity contribution < 1.29 is 4.79 Å². The number of carbonyl (C=O) groups excluding carboxylic acids is 1. The highest BCUT2D eigenvalue weighted by atomic mass is 16.2. The number of nitrogens with one attached hydrogen (secondary N) is 1. The third kappa shape index (κ3) is 5.43. The molecule has 118 valence electrons. The molecular weight excluding hydrogens is 248 g/mol. The van der Waals surface area contributed by atoms with Crippen molar-refractivity contribution in [2.24, 2.45) is 5.92 Å². The van der Waals surface area contributed by atoms with Crippen LogP contribution >= 0.6 is 0 Å². The Morgan fingerprint density at radius 3 is 2.35 bits per heavy atom. The number of hydrogen-bond donors (Lipinski definition) is 1. The van der Waals surface area contributed by atoms with E-state index in [0.29, 0.717) is 11.8 Å². The van der Waals surface area contributed by atoms with E-state index in [4.69, 9.17) is 0 Å². The molecule has 1 amide bonds. The average molecular weight is 282 g/mol. The molecule has 1 aliphatic rings. The van der Waals surface area contributed by atoms with Crippen molar-refractivity contribution in [2.45, 2.75) is 91.3 Å². The predicted molar refractivity (Wildman–Crippen MR) is 85.5 cm³/mol. The summed E-state index contributed by atoms with van der Waals surface area (Å²) in [6.07, 6.45) is 9.95. The van der Waals surface area contributed by atoms with Gasteiger partial charge in [-0.2, -0.15) is 0 Å². The number of rotatable bonds is 10. The highest BCUT2D eigenvalue weighted by Gasteiger charge is 2.37. The summed E-state index contributed by atoms with van der Waals surface area (Å²) in [5, 5.41) is 3.51. The van der Waals surface area contributed by atoms with Crippen molar-refractivity contribution in [2.75, 3.05) is 6.54 Å². The summed E-state index contributed by atoms with van der Waals surface area (Å²) in [7, 11) is 0. The highest BCUT2D eigenvalue weighted by molar-refractivity contribution is 5.84. The summed E-state index contributed by atoms with van der Waals surface area (Å²) in [6, 6.07) is 0.0545. The quantitative estimate of drug-likeness (QED) is 0.616. The van der Waals surface area contributed by atoms with Crippen LogP contribution in [0.25, 0.3) is 0 Å². The Morgan fingerprint density at radius 1 is 1.10 bits per heavy atom. The molecule has 3 nitrogen and oxygen atoms in total. The zero-order chi connectivity index (χ0) is 15.0. The van der Waals surface area contributed by atoms with E-state index >= 15 is 0 Å². The van der Waals surface area contributed by atoms with Crippen molar-refractivity contribution in [1.82, 2.24) is 10.2 Å². The SMILES string of the molecule is CCCCCCCCN1C(=O)C(CC)NC1CC(C)C. The first kappa shape index (κ1) is 17.5. The number of carbonyl (C=O) groups is 1. The third-order valence-corrected chi connectivity index (χ3v) is 4.21. The molecule has 20 heavy (non-hydrogen) atoms. The van der Waals surface area contributed by atoms with Crippen LogP contribution in [0.5, 0.6) is 0 Å². The van der Waals surface area contributed by atoms with Crippen LogP contribution in [0.1, 0.15) is 79.1 Å². The zero-order valence-electron chi connectivity index (χ0n) is 14.0. The van der Waals surface area contributed by atoms with E-state index in [2.05, 4.69) is 37.9 Å². The molecule has 1 aliphatic heterocycles. The molecule has 2 unspecified atom stereocenters. The van der Waals surface area contributed by atoms with Crippen LogP contribution in [0.2, 0.25) is 0 Å². The molecule has 1 N–H and O–H groups in total. The van der Waals surface area contributed by atoms with Gasteiger partial charge >= 0.3 is 0 Å². The lowest BCUT2D eigenvalue weighted by Crippen LogP contribution is -2.39. The molecule has 3 heteroatoms. The number of unbranched alkanes of at least 4 members (excludes halogenated alkanes) is 5. The molecule has 1 heterocycles. The minimum Gasteiger partial charge on any atom is -0.326 e. The van der Waals surface area contributed by atoms with Gasteiger partial charge in [0, 0.05) is 6.54 Å². The Morgan fingerprint density at radius 2 is 1.75 bits per heavy atom. The monoisotopic (exact) mass is 282 g/mol. The second kappa shape index (κ2) is 9.38. The fraction of sp³-hybridized carbons (Fsp3) is 0.941. The first-order valence-electron chi connectivity index (χ1n) is 8.66. The molecule has 0 spiro atoms. The molecule has 2 atom stereocenters. The second-order valence-electron chi connectivity index (χ2n) is 6.57. The van der Waals surface area contributed by atoms with E-state index in [1.807, 2.05) is 0 Å². The van der Waals surface area contributed by atoms with Gasteiger partial charge in [-0.3, -0.25) is 10.1 Å². The number of amides is 1. The molecule has 1 saturated heterocycles. The summed E-state index contributed by atoms with van der Waals surface area (Å²) >= 11 is 0. The van der Waals surface area contributed by atoms with Crippen molar-refractivity contribution >= 4 is 5.91 Å². The average Bonchev–Trinajstić information content (AvgIpc) is 2.69. The van der Waals surface area contributed by atoms with Crippen LogP contribution < -0.4 is 5.32 Å². The maximum absolute atomic E-state index is 12.4. The maximum atomic E-state index is 12.4. The van der Waals surface area contributed by atoms with Gasteiger partial charge < -0.3 is 4.90 Å². The van der Waals surface area contributed by atoms with Crippen molar-refractivity contribution in [3.63, 3.8) is 0 Å².